The lowest BCUT2D eigenvalue weighted by atomic mass is 9.98. The number of hydrogen-bond acceptors (Lipinski definition) is 0. The number of rotatable bonds is 17. The average Bonchev–Trinajstić information content (AvgIpc) is 2.72. The highest BCUT2D eigenvalue weighted by molar-refractivity contribution is 5.33. The molecule has 0 amide bonds. The van der Waals surface area contributed by atoms with Crippen LogP contribution in [0, 0.1) is 13.8 Å². The Bertz CT molecular complexity index is 444. The number of quaternary nitrogens is 1. The first-order chi connectivity index (χ1) is 13.8. The van der Waals surface area contributed by atoms with Crippen LogP contribution in [0.4, 0.5) is 0 Å². The van der Waals surface area contributed by atoms with E-state index in [4.69, 9.17) is 0 Å². The van der Waals surface area contributed by atoms with Crippen molar-refractivity contribution in [3.8, 4) is 0 Å². The maximum absolute atomic E-state index is 3.25. The molecule has 0 aromatic heterocycles. The van der Waals surface area contributed by atoms with E-state index in [9.17, 15) is 0 Å². The van der Waals surface area contributed by atoms with Crippen LogP contribution in [0.2, 0.25) is 0 Å². The van der Waals surface area contributed by atoms with Crippen LogP contribution in [0.5, 0.6) is 0 Å². The highest BCUT2D eigenvalue weighted by Gasteiger charge is 2.00. The molecule has 172 valence electrons. The number of benzene rings is 1. The second kappa shape index (κ2) is 23.7. The van der Waals surface area contributed by atoms with E-state index < -0.39 is 0 Å². The van der Waals surface area contributed by atoms with E-state index in [1.165, 1.54) is 120 Å². The summed E-state index contributed by atoms with van der Waals surface area (Å²) < 4.78 is 0. The smallest absolute Gasteiger partial charge is 0.0634 e. The van der Waals surface area contributed by atoms with Crippen LogP contribution in [0.25, 0.3) is 0 Å². The summed E-state index contributed by atoms with van der Waals surface area (Å²) in [5, 5.41) is 0. The van der Waals surface area contributed by atoms with Gasteiger partial charge in [0.2, 0.25) is 0 Å². The zero-order valence-corrected chi connectivity index (χ0v) is 21.1. The Morgan fingerprint density at radius 2 is 0.966 bits per heavy atom. The van der Waals surface area contributed by atoms with Gasteiger partial charge < -0.3 is 18.1 Å². The summed E-state index contributed by atoms with van der Waals surface area (Å²) >= 11 is 0. The summed E-state index contributed by atoms with van der Waals surface area (Å²) in [6.07, 6.45) is 24.4. The molecule has 0 aliphatic rings. The predicted molar refractivity (Wildman–Crippen MR) is 128 cm³/mol. The van der Waals surface area contributed by atoms with Gasteiger partial charge in [-0.1, -0.05) is 121 Å². The molecule has 0 heterocycles. The van der Waals surface area contributed by atoms with Gasteiger partial charge in [-0.25, -0.2) is 0 Å². The first-order valence-electron chi connectivity index (χ1n) is 12.5. The van der Waals surface area contributed by atoms with Gasteiger partial charge in [0.15, 0.2) is 0 Å². The van der Waals surface area contributed by atoms with Gasteiger partial charge in [0.05, 0.1) is 7.05 Å². The molecule has 0 unspecified atom stereocenters. The fourth-order valence-corrected chi connectivity index (χ4v) is 3.95. The van der Waals surface area contributed by atoms with Crippen LogP contribution < -0.4 is 18.1 Å². The van der Waals surface area contributed by atoms with Crippen molar-refractivity contribution in [2.24, 2.45) is 0 Å². The molecule has 0 spiro atoms. The summed E-state index contributed by atoms with van der Waals surface area (Å²) in [4.78, 5) is 0. The van der Waals surface area contributed by atoms with Gasteiger partial charge in [0, 0.05) is 0 Å². The summed E-state index contributed by atoms with van der Waals surface area (Å²) in [6.45, 7) is 6.80. The first kappa shape index (κ1) is 30.7. The zero-order valence-electron chi connectivity index (χ0n) is 20.3. The average molecular weight is 426 g/mol. The topological polar surface area (TPSA) is 27.6 Å². The SMILES string of the molecule is CCCCCCCCCCCCCCCCCCc1cccc(C)c1C.C[NH3+].[Cl-]. The number of aryl methyl sites for hydroxylation is 2. The fourth-order valence-electron chi connectivity index (χ4n) is 3.95. The largest absolute Gasteiger partial charge is 1.00 e. The lowest BCUT2D eigenvalue weighted by Crippen LogP contribution is -3.00. The molecule has 1 nitrogen and oxygen atoms in total. The third kappa shape index (κ3) is 18.0. The maximum atomic E-state index is 3.25. The second-order valence-corrected chi connectivity index (χ2v) is 8.41. The Morgan fingerprint density at radius 3 is 1.38 bits per heavy atom. The predicted octanol–water partition coefficient (Wildman–Crippen LogP) is 4.97. The molecule has 0 aliphatic carbocycles. The van der Waals surface area contributed by atoms with Crippen molar-refractivity contribution in [3.05, 3.63) is 34.9 Å². The maximum Gasteiger partial charge on any atom is 0.0634 e. The van der Waals surface area contributed by atoms with Crippen LogP contribution in [0.1, 0.15) is 126 Å². The van der Waals surface area contributed by atoms with E-state index in [1.54, 1.807) is 12.6 Å². The molecule has 1 aromatic rings. The standard InChI is InChI=1S/C26H46.CH5N.ClH/c1-4-5-6-7-8-9-10-11-12-13-14-15-16-17-18-19-22-26-23-20-21-24(2)25(26)3;1-2;/h20-21,23H,4-19,22H2,1-3H3;2H2,1H3;1H. The molecule has 0 saturated heterocycles. The van der Waals surface area contributed by atoms with E-state index in [0.717, 1.165) is 0 Å². The van der Waals surface area contributed by atoms with Gasteiger partial charge in [-0.3, -0.25) is 0 Å². The quantitative estimate of drug-likeness (QED) is 0.341. The monoisotopic (exact) mass is 425 g/mol. The Balaban J connectivity index is 0. The van der Waals surface area contributed by atoms with Gasteiger partial charge in [0.1, 0.15) is 0 Å². The lowest BCUT2D eigenvalue weighted by molar-refractivity contribution is -0.325. The van der Waals surface area contributed by atoms with Crippen LogP contribution in [0.3, 0.4) is 0 Å². The van der Waals surface area contributed by atoms with Crippen molar-refractivity contribution in [1.29, 1.82) is 0 Å². The molecule has 0 saturated carbocycles. The molecular formula is C27H52ClN. The molecule has 0 fully saturated rings. The Hall–Kier alpha value is -0.530. The summed E-state index contributed by atoms with van der Waals surface area (Å²) in [7, 11) is 1.75. The first-order valence-corrected chi connectivity index (χ1v) is 12.5. The molecule has 0 radical (unpaired) electrons. The minimum atomic E-state index is 0. The van der Waals surface area contributed by atoms with Crippen LogP contribution >= 0.6 is 0 Å². The van der Waals surface area contributed by atoms with Gasteiger partial charge in [-0.2, -0.15) is 0 Å². The summed E-state index contributed by atoms with van der Waals surface area (Å²) in [6, 6.07) is 6.75. The van der Waals surface area contributed by atoms with Crippen LogP contribution in [-0.2, 0) is 6.42 Å². The summed E-state index contributed by atoms with van der Waals surface area (Å²) in [5.74, 6) is 0. The van der Waals surface area contributed by atoms with E-state index in [1.807, 2.05) is 0 Å². The minimum Gasteiger partial charge on any atom is -1.00 e. The molecule has 29 heavy (non-hydrogen) atoms. The Morgan fingerprint density at radius 1 is 0.586 bits per heavy atom. The molecule has 0 atom stereocenters. The molecule has 0 bridgehead atoms. The van der Waals surface area contributed by atoms with E-state index in [2.05, 4.69) is 44.7 Å². The lowest BCUT2D eigenvalue weighted by Gasteiger charge is -2.08. The van der Waals surface area contributed by atoms with Crippen molar-refractivity contribution in [3.63, 3.8) is 0 Å². The molecular weight excluding hydrogens is 374 g/mol. The van der Waals surface area contributed by atoms with Crippen molar-refractivity contribution in [2.75, 3.05) is 7.05 Å². The fraction of sp³-hybridized carbons (Fsp3) is 0.778. The number of unbranched alkanes of at least 4 members (excludes halogenated alkanes) is 15. The van der Waals surface area contributed by atoms with Gasteiger partial charge in [-0.15, -0.1) is 0 Å². The molecule has 0 aliphatic heterocycles. The Kier molecular flexibility index (Phi) is 25.1. The molecule has 2 heteroatoms. The zero-order chi connectivity index (χ0) is 20.9. The van der Waals surface area contributed by atoms with E-state index in [-0.39, 0.29) is 12.4 Å². The van der Waals surface area contributed by atoms with Gasteiger partial charge in [0.25, 0.3) is 0 Å². The Labute approximate surface area is 190 Å². The van der Waals surface area contributed by atoms with E-state index >= 15 is 0 Å². The molecule has 1 aromatic carbocycles. The van der Waals surface area contributed by atoms with Crippen molar-refractivity contribution in [2.45, 2.75) is 130 Å². The number of halogens is 1. The van der Waals surface area contributed by atoms with Gasteiger partial charge >= 0.3 is 0 Å². The van der Waals surface area contributed by atoms with Crippen molar-refractivity contribution >= 4 is 0 Å². The van der Waals surface area contributed by atoms with Crippen molar-refractivity contribution in [1.82, 2.24) is 0 Å². The van der Waals surface area contributed by atoms with Crippen LogP contribution in [0.15, 0.2) is 18.2 Å². The molecule has 3 N–H and O–H groups in total. The summed E-state index contributed by atoms with van der Waals surface area (Å²) in [5.41, 5.74) is 7.77. The van der Waals surface area contributed by atoms with Crippen molar-refractivity contribution < 1.29 is 18.1 Å². The third-order valence-electron chi connectivity index (χ3n) is 6.02. The van der Waals surface area contributed by atoms with E-state index in [0.29, 0.717) is 0 Å². The van der Waals surface area contributed by atoms with Crippen LogP contribution in [-0.4, -0.2) is 7.05 Å². The minimum absolute atomic E-state index is 0. The normalized spacial score (nSPS) is 10.2. The van der Waals surface area contributed by atoms with Gasteiger partial charge in [-0.05, 0) is 43.4 Å². The third-order valence-corrected chi connectivity index (χ3v) is 6.02. The highest BCUT2D eigenvalue weighted by atomic mass is 35.5. The second-order valence-electron chi connectivity index (χ2n) is 8.41. The molecule has 1 rings (SSSR count). The highest BCUT2D eigenvalue weighted by Crippen LogP contribution is 2.17. The number of hydrogen-bond donors (Lipinski definition) is 1.